The molecule has 0 aliphatic rings. The summed E-state index contributed by atoms with van der Waals surface area (Å²) in [6, 6.07) is 0. The number of hydrogen-bond acceptors (Lipinski definition) is 1. The summed E-state index contributed by atoms with van der Waals surface area (Å²) in [5, 5.41) is 6.76. The van der Waals surface area contributed by atoms with E-state index in [0.717, 1.165) is 0 Å². The Kier molecular flexibility index (Phi) is 44.5. The van der Waals surface area contributed by atoms with Crippen LogP contribution in [0.3, 0.4) is 0 Å². The molecule has 0 aliphatic carbocycles. The molecule has 0 unspecified atom stereocenters. The van der Waals surface area contributed by atoms with Crippen LogP contribution in [0.2, 0.25) is 0 Å². The van der Waals surface area contributed by atoms with Crippen LogP contribution in [0.25, 0.3) is 0 Å². The predicted molar refractivity (Wildman–Crippen MR) is 14.2 cm³/mol. The van der Waals surface area contributed by atoms with Gasteiger partial charge in [-0.2, -0.15) is 0 Å². The Bertz CT molecular complexity index is 17.1. The Hall–Kier alpha value is 0.500. The first kappa shape index (κ1) is 9.09. The zero-order valence-electron chi connectivity index (χ0n) is 2.03. The van der Waals surface area contributed by atoms with E-state index in [1.165, 1.54) is 0 Å². The number of halogens is 1. The Morgan fingerprint density at radius 3 is 1.80 bits per heavy atom. The molecule has 2 nitrogen and oxygen atoms in total. The second kappa shape index (κ2) is 24.5. The topological polar surface area (TPSA) is 37.3 Å². The minimum atomic E-state index is 0.500. The summed E-state index contributed by atoms with van der Waals surface area (Å²) in [4.78, 5) is 8.24. The summed E-state index contributed by atoms with van der Waals surface area (Å²) in [7, 11) is 4.45. The van der Waals surface area contributed by atoms with Crippen LogP contribution in [0.4, 0.5) is 0 Å². The normalized spacial score (nSPS) is 3.80. The molecule has 0 aromatic carbocycles. The summed E-state index contributed by atoms with van der Waals surface area (Å²) in [6.07, 6.45) is 0. The van der Waals surface area contributed by atoms with Crippen molar-refractivity contribution in [2.45, 2.75) is 0 Å². The Balaban J connectivity index is 0. The van der Waals surface area contributed by atoms with Crippen molar-refractivity contribution in [1.29, 1.82) is 0 Å². The van der Waals surface area contributed by atoms with Crippen LogP contribution in [-0.2, 0) is 24.8 Å². The van der Waals surface area contributed by atoms with E-state index in [2.05, 4.69) is 29.2 Å². The number of rotatable bonds is 0. The van der Waals surface area contributed by atoms with Crippen molar-refractivity contribution < 1.29 is 29.9 Å². The molecule has 0 aliphatic heterocycles. The first-order valence-electron chi connectivity index (χ1n) is 0.542. The Morgan fingerprint density at radius 1 is 1.80 bits per heavy atom. The molecule has 0 aromatic rings. The van der Waals surface area contributed by atoms with Gasteiger partial charge in [0.2, 0.25) is 0 Å². The summed E-state index contributed by atoms with van der Waals surface area (Å²) < 4.78 is 0. The van der Waals surface area contributed by atoms with Crippen molar-refractivity contribution in [1.82, 2.24) is 0 Å². The third-order valence-electron chi connectivity index (χ3n) is 0. The molecule has 0 saturated heterocycles. The summed E-state index contributed by atoms with van der Waals surface area (Å²) >= 11 is 2.42. The second-order valence-corrected chi connectivity index (χ2v) is 0.0913. The van der Waals surface area contributed by atoms with Crippen LogP contribution < -0.4 is 0 Å². The summed E-state index contributed by atoms with van der Waals surface area (Å²) in [6.45, 7) is 0.500. The van der Waals surface area contributed by atoms with E-state index < -0.39 is 0 Å². The average Bonchev–Trinajstić information content (AvgIpc) is 1.46. The van der Waals surface area contributed by atoms with Gasteiger partial charge in [-0.3, -0.25) is 0 Å². The molecule has 0 bridgehead atoms. The van der Waals surface area contributed by atoms with E-state index in [1.807, 2.05) is 0 Å². The fourth-order valence-electron chi connectivity index (χ4n) is 0. The zero-order chi connectivity index (χ0) is 4.71. The van der Waals surface area contributed by atoms with Crippen LogP contribution in [0.15, 0.2) is 0 Å². The van der Waals surface area contributed by atoms with E-state index in [4.69, 9.17) is 9.90 Å². The Morgan fingerprint density at radius 2 is 1.80 bits per heavy atom. The monoisotopic (exact) mass is 187 g/mol. The van der Waals surface area contributed by atoms with Gasteiger partial charge in [-0.25, -0.2) is 0 Å². The first-order chi connectivity index (χ1) is 2.41. The van der Waals surface area contributed by atoms with Crippen molar-refractivity contribution in [3.63, 3.8) is 0 Å². The molecule has 0 amide bonds. The molecule has 0 radical (unpaired) electrons. The van der Waals surface area contributed by atoms with Crippen molar-refractivity contribution in [2.75, 3.05) is 0 Å². The minimum absolute atomic E-state index is 0.500. The number of hydrogen-bond donors (Lipinski definition) is 1. The molecule has 0 heterocycles. The van der Waals surface area contributed by atoms with Crippen molar-refractivity contribution in [2.24, 2.45) is 0 Å². The molecular weight excluding hydrogens is 187 g/mol. The predicted octanol–water partition coefficient (Wildman–Crippen LogP) is 0.299. The van der Waals surface area contributed by atoms with Gasteiger partial charge in [0.1, 0.15) is 0 Å². The van der Waals surface area contributed by atoms with Crippen molar-refractivity contribution in [3.05, 3.63) is 0 Å². The van der Waals surface area contributed by atoms with E-state index in [1.54, 1.807) is 0 Å². The molecule has 0 fully saturated rings. The summed E-state index contributed by atoms with van der Waals surface area (Å²) in [5.41, 5.74) is 0. The quantitative estimate of drug-likeness (QED) is 0.438. The molecule has 1 N–H and O–H groups in total. The van der Waals surface area contributed by atoms with Crippen LogP contribution in [0.1, 0.15) is 0 Å². The van der Waals surface area contributed by atoms with Crippen LogP contribution in [0.5, 0.6) is 0 Å². The molecule has 0 saturated carbocycles. The zero-order valence-corrected chi connectivity index (χ0v) is 4.27. The van der Waals surface area contributed by atoms with Gasteiger partial charge in [-0.15, -0.1) is 0 Å². The molecule has 0 aromatic heterocycles. The molecule has 4 heteroatoms. The van der Waals surface area contributed by atoms with Gasteiger partial charge < -0.3 is 9.90 Å². The van der Waals surface area contributed by atoms with E-state index >= 15 is 0 Å². The van der Waals surface area contributed by atoms with Gasteiger partial charge in [-0.1, -0.05) is 6.47 Å². The molecular formula is CHAgClO2-. The van der Waals surface area contributed by atoms with Gasteiger partial charge >= 0.3 is 29.2 Å². The fourth-order valence-corrected chi connectivity index (χ4v) is 0. The van der Waals surface area contributed by atoms with Gasteiger partial charge in [0.05, 0.1) is 0 Å². The third-order valence-corrected chi connectivity index (χ3v) is 0. The van der Waals surface area contributed by atoms with Gasteiger partial charge in [0.25, 0.3) is 0 Å². The average molecular weight is 188 g/mol. The molecule has 5 heavy (non-hydrogen) atoms. The van der Waals surface area contributed by atoms with Gasteiger partial charge in [0, 0.05) is 0 Å². The SMILES string of the molecule is O=[C-]O.[Cl][Ag]. The van der Waals surface area contributed by atoms with E-state index in [9.17, 15) is 0 Å². The fraction of sp³-hybridized carbons (Fsp3) is 0. The first-order valence-corrected chi connectivity index (χ1v) is 2.45. The molecule has 0 rings (SSSR count). The van der Waals surface area contributed by atoms with Crippen molar-refractivity contribution in [3.8, 4) is 0 Å². The Labute approximate surface area is 45.9 Å². The van der Waals surface area contributed by atoms with Crippen molar-refractivity contribution >= 4 is 15.7 Å². The van der Waals surface area contributed by atoms with Crippen LogP contribution >= 0.6 is 9.19 Å². The maximum atomic E-state index is 8.24. The summed E-state index contributed by atoms with van der Waals surface area (Å²) in [5.74, 6) is 0. The molecule has 36 valence electrons. The number of aliphatic hydroxyl groups excluding tert-OH is 1. The maximum absolute atomic E-state index is 8.24. The molecule has 0 spiro atoms. The van der Waals surface area contributed by atoms with Gasteiger partial charge in [0.15, 0.2) is 0 Å². The standard InChI is InChI=1S/CHO2.Ag.ClH/c2-1-3;;/h(H,2,3);;1H/q-1;+1;/p-1. The van der Waals surface area contributed by atoms with Gasteiger partial charge in [-0.05, 0) is 0 Å². The van der Waals surface area contributed by atoms with Crippen LogP contribution in [-0.4, -0.2) is 11.6 Å². The van der Waals surface area contributed by atoms with Crippen LogP contribution in [0, 0.1) is 0 Å². The van der Waals surface area contributed by atoms with E-state index in [0.29, 0.717) is 6.47 Å². The third kappa shape index (κ3) is 112. The second-order valence-electron chi connectivity index (χ2n) is 0.0913. The molecule has 0 atom stereocenters. The van der Waals surface area contributed by atoms with E-state index in [-0.39, 0.29) is 0 Å².